The van der Waals surface area contributed by atoms with Crippen LogP contribution in [0.3, 0.4) is 0 Å². The Balaban J connectivity index is 1.68. The maximum atomic E-state index is 14.5. The minimum absolute atomic E-state index is 0.0160. The van der Waals surface area contributed by atoms with Crippen molar-refractivity contribution in [3.8, 4) is 17.4 Å². The van der Waals surface area contributed by atoms with Crippen molar-refractivity contribution in [1.82, 2.24) is 4.98 Å². The number of aliphatic hydroxyl groups is 1. The fraction of sp³-hybridized carbons (Fsp3) is 0.269. The Morgan fingerprint density at radius 1 is 1.15 bits per heavy atom. The minimum atomic E-state index is -5.13. The third-order valence-corrected chi connectivity index (χ3v) is 7.02. The molecule has 2 heterocycles. The Morgan fingerprint density at radius 3 is 2.49 bits per heavy atom. The second kappa shape index (κ2) is 10.6. The van der Waals surface area contributed by atoms with Crippen LogP contribution in [0, 0.1) is 0 Å². The number of benzene rings is 2. The third kappa shape index (κ3) is 5.21. The molecule has 1 aliphatic heterocycles. The Hall–Kier alpha value is -3.54. The van der Waals surface area contributed by atoms with Crippen molar-refractivity contribution in [2.24, 2.45) is 0 Å². The highest BCUT2D eigenvalue weighted by Gasteiger charge is 2.59. The van der Waals surface area contributed by atoms with E-state index in [0.29, 0.717) is 0 Å². The minimum Gasteiger partial charge on any atom is -0.482 e. The first-order valence-electron chi connectivity index (χ1n) is 11.3. The molecule has 1 aromatic heterocycles. The van der Waals surface area contributed by atoms with Crippen molar-refractivity contribution in [3.63, 3.8) is 0 Å². The van der Waals surface area contributed by atoms with E-state index in [0.717, 1.165) is 12.1 Å². The van der Waals surface area contributed by atoms with Crippen molar-refractivity contribution in [1.29, 1.82) is 0 Å². The number of alkyl halides is 3. The Kier molecular flexibility index (Phi) is 7.70. The van der Waals surface area contributed by atoms with E-state index in [9.17, 15) is 27.9 Å². The van der Waals surface area contributed by atoms with Crippen molar-refractivity contribution < 1.29 is 42.1 Å². The van der Waals surface area contributed by atoms with Crippen LogP contribution in [0.25, 0.3) is 0 Å². The van der Waals surface area contributed by atoms with Gasteiger partial charge in [0, 0.05) is 24.2 Å². The van der Waals surface area contributed by atoms with Crippen LogP contribution in [0.15, 0.2) is 48.7 Å². The van der Waals surface area contributed by atoms with Gasteiger partial charge >= 0.3 is 12.1 Å². The van der Waals surface area contributed by atoms with Gasteiger partial charge < -0.3 is 24.2 Å². The molecule has 1 amide bonds. The number of anilines is 1. The van der Waals surface area contributed by atoms with Crippen LogP contribution in [0.2, 0.25) is 10.0 Å². The van der Waals surface area contributed by atoms with E-state index in [2.05, 4.69) is 9.72 Å². The number of aromatic nitrogens is 1. The lowest BCUT2D eigenvalue weighted by Crippen LogP contribution is -2.47. The molecule has 39 heavy (non-hydrogen) atoms. The topological polar surface area (TPSA) is 98.2 Å². The number of halogens is 5. The molecule has 0 radical (unpaired) electrons. The van der Waals surface area contributed by atoms with Crippen LogP contribution in [0.1, 0.15) is 34.3 Å². The molecule has 13 heteroatoms. The van der Waals surface area contributed by atoms with Gasteiger partial charge in [-0.25, -0.2) is 9.78 Å². The lowest BCUT2D eigenvalue weighted by molar-refractivity contribution is -0.274. The molecule has 206 valence electrons. The number of esters is 1. The second-order valence-electron chi connectivity index (χ2n) is 8.70. The van der Waals surface area contributed by atoms with Gasteiger partial charge in [-0.1, -0.05) is 42.3 Å². The molecule has 1 N–H and O–H groups in total. The molecule has 3 aromatic rings. The summed E-state index contributed by atoms with van der Waals surface area (Å²) in [5.41, 5.74) is -3.72. The molecule has 0 fully saturated rings. The van der Waals surface area contributed by atoms with Crippen LogP contribution >= 0.6 is 23.2 Å². The second-order valence-corrected chi connectivity index (χ2v) is 9.51. The quantitative estimate of drug-likeness (QED) is 0.361. The van der Waals surface area contributed by atoms with Crippen molar-refractivity contribution >= 4 is 40.8 Å². The third-order valence-electron chi connectivity index (χ3n) is 6.43. The first-order valence-corrected chi connectivity index (χ1v) is 12.1. The molecule has 0 spiro atoms. The zero-order valence-electron chi connectivity index (χ0n) is 20.7. The van der Waals surface area contributed by atoms with Gasteiger partial charge in [0.25, 0.3) is 5.91 Å². The van der Waals surface area contributed by atoms with Crippen molar-refractivity contribution in [3.05, 3.63) is 75.4 Å². The monoisotopic (exact) mass is 584 g/mol. The van der Waals surface area contributed by atoms with Crippen LogP contribution < -0.4 is 14.4 Å². The first-order chi connectivity index (χ1) is 18.3. The van der Waals surface area contributed by atoms with E-state index < -0.39 is 35.1 Å². The van der Waals surface area contributed by atoms with Gasteiger partial charge in [-0.05, 0) is 41.5 Å². The number of carbonyl (C=O) groups is 2. The number of nitrogens with zero attached hydrogens (tertiary/aromatic N) is 2. The van der Waals surface area contributed by atoms with Crippen LogP contribution in [0.4, 0.5) is 18.9 Å². The number of rotatable bonds is 6. The number of carbonyl (C=O) groups excluding carboxylic acids is 2. The molecule has 2 aromatic carbocycles. The summed E-state index contributed by atoms with van der Waals surface area (Å²) in [6, 6.07) is 8.62. The molecule has 0 saturated heterocycles. The summed E-state index contributed by atoms with van der Waals surface area (Å²) in [6.45, 7) is 0.937. The van der Waals surface area contributed by atoms with Crippen LogP contribution in [-0.2, 0) is 15.1 Å². The smallest absolute Gasteiger partial charge is 0.422 e. The first kappa shape index (κ1) is 28.5. The van der Waals surface area contributed by atoms with Gasteiger partial charge in [-0.15, -0.1) is 0 Å². The lowest BCUT2D eigenvalue weighted by Gasteiger charge is -2.38. The summed E-state index contributed by atoms with van der Waals surface area (Å²) in [5, 5.41) is 11.1. The fourth-order valence-corrected chi connectivity index (χ4v) is 4.70. The summed E-state index contributed by atoms with van der Waals surface area (Å²) >= 11 is 12.5. The predicted octanol–water partition coefficient (Wildman–Crippen LogP) is 5.88. The maximum absolute atomic E-state index is 14.5. The standard InChI is InChI=1S/C26H21Cl2F3N2O6/c1-13(25(36,26(29,30)31)15-4-7-21-20(9-15)33(2)22(34)12-38-21)17-6-5-16(10-18(17)27)39-23-19(28)8-14(11-32-23)24(35)37-3/h4-11,13,36H,12H2,1-3H3. The van der Waals surface area contributed by atoms with Gasteiger partial charge in [-0.3, -0.25) is 4.79 Å². The van der Waals surface area contributed by atoms with E-state index in [-0.39, 0.29) is 50.8 Å². The molecule has 0 aliphatic carbocycles. The largest absolute Gasteiger partial charge is 0.482 e. The molecule has 4 rings (SSSR count). The van der Waals surface area contributed by atoms with Crippen molar-refractivity contribution in [2.45, 2.75) is 24.6 Å². The van der Waals surface area contributed by atoms with E-state index >= 15 is 0 Å². The zero-order chi connectivity index (χ0) is 28.7. The highest BCUT2D eigenvalue weighted by atomic mass is 35.5. The van der Waals surface area contributed by atoms with E-state index in [1.54, 1.807) is 0 Å². The summed E-state index contributed by atoms with van der Waals surface area (Å²) < 4.78 is 59.0. The molecule has 2 unspecified atom stereocenters. The number of methoxy groups -OCH3 is 1. The van der Waals surface area contributed by atoms with Crippen molar-refractivity contribution in [2.75, 3.05) is 25.7 Å². The summed E-state index contributed by atoms with van der Waals surface area (Å²) in [6.07, 6.45) is -3.95. The average molecular weight is 585 g/mol. The number of amides is 1. The summed E-state index contributed by atoms with van der Waals surface area (Å²) in [4.78, 5) is 28.8. The molecule has 0 bridgehead atoms. The number of hydrogen-bond acceptors (Lipinski definition) is 7. The Labute approximate surface area is 230 Å². The predicted molar refractivity (Wildman–Crippen MR) is 136 cm³/mol. The average Bonchev–Trinajstić information content (AvgIpc) is 2.90. The van der Waals surface area contributed by atoms with Crippen LogP contribution in [-0.4, -0.2) is 48.9 Å². The van der Waals surface area contributed by atoms with Gasteiger partial charge in [-0.2, -0.15) is 13.2 Å². The molecular weight excluding hydrogens is 564 g/mol. The number of pyridine rings is 1. The Bertz CT molecular complexity index is 1450. The van der Waals surface area contributed by atoms with Crippen LogP contribution in [0.5, 0.6) is 17.4 Å². The summed E-state index contributed by atoms with van der Waals surface area (Å²) in [7, 11) is 2.60. The lowest BCUT2D eigenvalue weighted by atomic mass is 9.77. The molecular formula is C26H21Cl2F3N2O6. The SMILES string of the molecule is COC(=O)c1cnc(Oc2ccc(C(C)C(O)(c3ccc4c(c3)N(C)C(=O)CO4)C(F)(F)F)c(Cl)c2)c(Cl)c1. The number of ether oxygens (including phenoxy) is 3. The fourth-order valence-electron chi connectivity index (χ4n) is 4.16. The summed E-state index contributed by atoms with van der Waals surface area (Å²) in [5.74, 6) is -2.47. The normalized spacial score (nSPS) is 15.6. The van der Waals surface area contributed by atoms with E-state index in [1.807, 2.05) is 0 Å². The van der Waals surface area contributed by atoms with Gasteiger partial charge in [0.05, 0.1) is 18.4 Å². The van der Waals surface area contributed by atoms with E-state index in [1.165, 1.54) is 62.5 Å². The zero-order valence-corrected chi connectivity index (χ0v) is 22.2. The van der Waals surface area contributed by atoms with E-state index in [4.69, 9.17) is 32.7 Å². The molecule has 2 atom stereocenters. The number of fused-ring (bicyclic) bond motifs is 1. The Morgan fingerprint density at radius 2 is 1.87 bits per heavy atom. The molecule has 0 saturated carbocycles. The highest BCUT2D eigenvalue weighted by molar-refractivity contribution is 6.32. The molecule has 1 aliphatic rings. The number of likely N-dealkylation sites (N-methyl/N-ethyl adjacent to an activating group) is 1. The van der Waals surface area contributed by atoms with Gasteiger partial charge in [0.2, 0.25) is 5.88 Å². The molecule has 8 nitrogen and oxygen atoms in total. The highest BCUT2D eigenvalue weighted by Crippen LogP contribution is 2.51. The van der Waals surface area contributed by atoms with Gasteiger partial charge in [0.15, 0.2) is 12.2 Å². The number of hydrogen-bond donors (Lipinski definition) is 1. The van der Waals surface area contributed by atoms with Gasteiger partial charge in [0.1, 0.15) is 16.5 Å². The maximum Gasteiger partial charge on any atom is 0.422 e.